The van der Waals surface area contributed by atoms with Gasteiger partial charge in [-0.1, -0.05) is 48.5 Å². The standard InChI is InChI=1S/C25H21N3O3/c1-30-19-12-13-24(31-2)18(14-19)16-26-28-25(29)21-15-23(17-8-4-3-5-9-17)27-22-11-7-6-10-20(21)22/h3-16H,1-2H3,(H,28,29)/b26-16+. The molecule has 31 heavy (non-hydrogen) atoms. The average molecular weight is 411 g/mol. The van der Waals surface area contributed by atoms with Crippen LogP contribution < -0.4 is 14.9 Å². The van der Waals surface area contributed by atoms with Crippen molar-refractivity contribution in [3.05, 3.63) is 90.0 Å². The van der Waals surface area contributed by atoms with Crippen LogP contribution in [-0.2, 0) is 0 Å². The molecule has 4 aromatic rings. The zero-order valence-corrected chi connectivity index (χ0v) is 17.2. The van der Waals surface area contributed by atoms with Crippen LogP contribution in [0.4, 0.5) is 0 Å². The van der Waals surface area contributed by atoms with Gasteiger partial charge in [0.1, 0.15) is 11.5 Å². The summed E-state index contributed by atoms with van der Waals surface area (Å²) in [7, 11) is 3.16. The number of fused-ring (bicyclic) bond motifs is 1. The number of nitrogens with zero attached hydrogens (tertiary/aromatic N) is 2. The molecule has 1 amide bonds. The number of pyridine rings is 1. The topological polar surface area (TPSA) is 72.8 Å². The van der Waals surface area contributed by atoms with Crippen molar-refractivity contribution in [3.8, 4) is 22.8 Å². The van der Waals surface area contributed by atoms with Crippen molar-refractivity contribution < 1.29 is 14.3 Å². The quantitative estimate of drug-likeness (QED) is 0.369. The van der Waals surface area contributed by atoms with Crippen molar-refractivity contribution in [1.82, 2.24) is 10.4 Å². The fourth-order valence-corrected chi connectivity index (χ4v) is 3.28. The molecule has 0 aliphatic carbocycles. The average Bonchev–Trinajstić information content (AvgIpc) is 2.83. The lowest BCUT2D eigenvalue weighted by molar-refractivity contribution is 0.0956. The van der Waals surface area contributed by atoms with E-state index in [2.05, 4.69) is 10.5 Å². The van der Waals surface area contributed by atoms with Crippen LogP contribution in [0.15, 0.2) is 84.0 Å². The van der Waals surface area contributed by atoms with Crippen molar-refractivity contribution in [1.29, 1.82) is 0 Å². The lowest BCUT2D eigenvalue weighted by Gasteiger charge is -2.09. The highest BCUT2D eigenvalue weighted by atomic mass is 16.5. The molecule has 0 unspecified atom stereocenters. The predicted octanol–water partition coefficient (Wildman–Crippen LogP) is 4.68. The maximum absolute atomic E-state index is 13.0. The van der Waals surface area contributed by atoms with Gasteiger partial charge in [-0.3, -0.25) is 4.79 Å². The SMILES string of the molecule is COc1ccc(OC)c(/C=N/NC(=O)c2cc(-c3ccccc3)nc3ccccc23)c1. The molecule has 0 atom stereocenters. The van der Waals surface area contributed by atoms with Crippen molar-refractivity contribution in [2.24, 2.45) is 5.10 Å². The summed E-state index contributed by atoms with van der Waals surface area (Å²) in [5.41, 5.74) is 6.20. The Labute approximate surface area is 180 Å². The molecule has 1 N–H and O–H groups in total. The van der Waals surface area contributed by atoms with Gasteiger partial charge in [0.25, 0.3) is 5.91 Å². The van der Waals surface area contributed by atoms with Crippen molar-refractivity contribution in [3.63, 3.8) is 0 Å². The third-order valence-corrected chi connectivity index (χ3v) is 4.84. The van der Waals surface area contributed by atoms with Gasteiger partial charge in [-0.15, -0.1) is 0 Å². The molecule has 6 heteroatoms. The Morgan fingerprint density at radius 3 is 2.48 bits per heavy atom. The number of benzene rings is 3. The van der Waals surface area contributed by atoms with Crippen molar-refractivity contribution in [2.75, 3.05) is 14.2 Å². The summed E-state index contributed by atoms with van der Waals surface area (Å²) in [6, 6.07) is 24.5. The molecule has 0 bridgehead atoms. The van der Waals surface area contributed by atoms with Crippen LogP contribution >= 0.6 is 0 Å². The molecule has 0 fully saturated rings. The Bertz CT molecular complexity index is 1250. The molecule has 3 aromatic carbocycles. The molecular formula is C25H21N3O3. The molecular weight excluding hydrogens is 390 g/mol. The Morgan fingerprint density at radius 1 is 0.935 bits per heavy atom. The smallest absolute Gasteiger partial charge is 0.272 e. The first kappa shape index (κ1) is 20.1. The van der Waals surface area contributed by atoms with E-state index >= 15 is 0 Å². The van der Waals surface area contributed by atoms with E-state index < -0.39 is 0 Å². The number of nitrogens with one attached hydrogen (secondary N) is 1. The van der Waals surface area contributed by atoms with Crippen LogP contribution in [0.3, 0.4) is 0 Å². The molecule has 6 nitrogen and oxygen atoms in total. The summed E-state index contributed by atoms with van der Waals surface area (Å²) in [5, 5.41) is 4.89. The number of para-hydroxylation sites is 1. The number of ether oxygens (including phenoxy) is 2. The van der Waals surface area contributed by atoms with Gasteiger partial charge in [0.15, 0.2) is 0 Å². The number of amides is 1. The van der Waals surface area contributed by atoms with Gasteiger partial charge in [0, 0.05) is 16.5 Å². The molecule has 0 saturated carbocycles. The maximum Gasteiger partial charge on any atom is 0.272 e. The molecule has 4 rings (SSSR count). The first-order valence-electron chi connectivity index (χ1n) is 9.70. The van der Waals surface area contributed by atoms with E-state index in [0.717, 1.165) is 22.2 Å². The van der Waals surface area contributed by atoms with Gasteiger partial charge in [-0.25, -0.2) is 10.4 Å². The third-order valence-electron chi connectivity index (χ3n) is 4.84. The van der Waals surface area contributed by atoms with E-state index in [1.165, 1.54) is 6.21 Å². The number of carbonyl (C=O) groups is 1. The van der Waals surface area contributed by atoms with E-state index in [1.54, 1.807) is 38.5 Å². The zero-order chi connectivity index (χ0) is 21.6. The largest absolute Gasteiger partial charge is 0.497 e. The van der Waals surface area contributed by atoms with Crippen LogP contribution in [0.2, 0.25) is 0 Å². The zero-order valence-electron chi connectivity index (χ0n) is 17.2. The highest BCUT2D eigenvalue weighted by Crippen LogP contribution is 2.25. The Balaban J connectivity index is 1.66. The lowest BCUT2D eigenvalue weighted by atomic mass is 10.0. The van der Waals surface area contributed by atoms with E-state index in [-0.39, 0.29) is 5.91 Å². The monoisotopic (exact) mass is 411 g/mol. The lowest BCUT2D eigenvalue weighted by Crippen LogP contribution is -2.18. The highest BCUT2D eigenvalue weighted by Gasteiger charge is 2.13. The van der Waals surface area contributed by atoms with Crippen LogP contribution in [-0.4, -0.2) is 31.3 Å². The summed E-state index contributed by atoms with van der Waals surface area (Å²) in [5.74, 6) is 0.967. The first-order valence-corrected chi connectivity index (χ1v) is 9.70. The number of rotatable bonds is 6. The van der Waals surface area contributed by atoms with Crippen molar-refractivity contribution >= 4 is 23.0 Å². The predicted molar refractivity (Wildman–Crippen MR) is 122 cm³/mol. The molecule has 1 aromatic heterocycles. The minimum Gasteiger partial charge on any atom is -0.497 e. The van der Waals surface area contributed by atoms with Gasteiger partial charge in [0.05, 0.1) is 37.2 Å². The number of hydrazone groups is 1. The summed E-state index contributed by atoms with van der Waals surface area (Å²) in [6.07, 6.45) is 1.53. The molecule has 0 spiro atoms. The van der Waals surface area contributed by atoms with Crippen LogP contribution in [0, 0.1) is 0 Å². The molecule has 1 heterocycles. The molecule has 0 saturated heterocycles. The van der Waals surface area contributed by atoms with Gasteiger partial charge >= 0.3 is 0 Å². The summed E-state index contributed by atoms with van der Waals surface area (Å²) in [6.45, 7) is 0. The molecule has 0 aliphatic heterocycles. The Morgan fingerprint density at radius 2 is 1.71 bits per heavy atom. The second-order valence-corrected chi connectivity index (χ2v) is 6.75. The number of hydrogen-bond acceptors (Lipinski definition) is 5. The maximum atomic E-state index is 13.0. The summed E-state index contributed by atoms with van der Waals surface area (Å²) >= 11 is 0. The second-order valence-electron chi connectivity index (χ2n) is 6.75. The van der Waals surface area contributed by atoms with E-state index in [1.807, 2.05) is 54.6 Å². The number of methoxy groups -OCH3 is 2. The third kappa shape index (κ3) is 4.38. The minimum atomic E-state index is -0.325. The Kier molecular flexibility index (Phi) is 5.89. The summed E-state index contributed by atoms with van der Waals surface area (Å²) in [4.78, 5) is 17.7. The van der Waals surface area contributed by atoms with Gasteiger partial charge in [0.2, 0.25) is 0 Å². The van der Waals surface area contributed by atoms with Gasteiger partial charge < -0.3 is 9.47 Å². The minimum absolute atomic E-state index is 0.325. The van der Waals surface area contributed by atoms with E-state index in [9.17, 15) is 4.79 Å². The number of carbonyl (C=O) groups excluding carboxylic acids is 1. The Hall–Kier alpha value is -4.19. The number of hydrogen-bond donors (Lipinski definition) is 1. The van der Waals surface area contributed by atoms with Gasteiger partial charge in [-0.05, 0) is 30.3 Å². The van der Waals surface area contributed by atoms with Crippen LogP contribution in [0.5, 0.6) is 11.5 Å². The second kappa shape index (κ2) is 9.09. The molecule has 0 aliphatic rings. The van der Waals surface area contributed by atoms with Crippen LogP contribution in [0.25, 0.3) is 22.2 Å². The fourth-order valence-electron chi connectivity index (χ4n) is 3.28. The van der Waals surface area contributed by atoms with Crippen molar-refractivity contribution in [2.45, 2.75) is 0 Å². The molecule has 154 valence electrons. The molecule has 0 radical (unpaired) electrons. The normalized spacial score (nSPS) is 10.9. The highest BCUT2D eigenvalue weighted by molar-refractivity contribution is 6.07. The van der Waals surface area contributed by atoms with E-state index in [0.29, 0.717) is 22.6 Å². The summed E-state index contributed by atoms with van der Waals surface area (Å²) < 4.78 is 10.6. The first-order chi connectivity index (χ1) is 15.2. The van der Waals surface area contributed by atoms with E-state index in [4.69, 9.17) is 14.5 Å². The van der Waals surface area contributed by atoms with Crippen LogP contribution in [0.1, 0.15) is 15.9 Å². The number of aromatic nitrogens is 1. The fraction of sp³-hybridized carbons (Fsp3) is 0.0800. The van der Waals surface area contributed by atoms with Gasteiger partial charge in [-0.2, -0.15) is 5.10 Å².